The van der Waals surface area contributed by atoms with Crippen LogP contribution in [0.1, 0.15) is 31.6 Å². The van der Waals surface area contributed by atoms with Gasteiger partial charge in [-0.05, 0) is 29.8 Å². The second-order valence-corrected chi connectivity index (χ2v) is 10.6. The van der Waals surface area contributed by atoms with E-state index in [1.807, 2.05) is 12.1 Å². The highest BCUT2D eigenvalue weighted by atomic mass is 35.5. The summed E-state index contributed by atoms with van der Waals surface area (Å²) in [6.45, 7) is 2.42. The van der Waals surface area contributed by atoms with Crippen LogP contribution < -0.4 is 5.32 Å². The quantitative estimate of drug-likeness (QED) is 0.605. The summed E-state index contributed by atoms with van der Waals surface area (Å²) in [6, 6.07) is 10.2. The average molecular weight is 463 g/mol. The number of benzene rings is 1. The van der Waals surface area contributed by atoms with E-state index in [0.717, 1.165) is 28.4 Å². The molecule has 1 aliphatic heterocycles. The van der Waals surface area contributed by atoms with Crippen LogP contribution in [0.15, 0.2) is 47.5 Å². The average Bonchev–Trinajstić information content (AvgIpc) is 3.26. The molecule has 156 valence electrons. The molecule has 1 aromatic carbocycles. The van der Waals surface area contributed by atoms with Crippen molar-refractivity contribution in [1.82, 2.24) is 20.2 Å². The number of hydrogen-bond donors (Lipinski definition) is 1. The van der Waals surface area contributed by atoms with Crippen molar-refractivity contribution in [2.45, 2.75) is 31.1 Å². The summed E-state index contributed by atoms with van der Waals surface area (Å²) < 4.78 is 23.0. The highest BCUT2D eigenvalue weighted by Crippen LogP contribution is 2.29. The largest absolute Gasteiger partial charge is 0.346 e. The number of pyridine rings is 1. The van der Waals surface area contributed by atoms with Gasteiger partial charge in [-0.3, -0.25) is 14.7 Å². The lowest BCUT2D eigenvalue weighted by atomic mass is 10.2. The minimum Gasteiger partial charge on any atom is -0.346 e. The number of nitrogens with one attached hydrogen (secondary N) is 1. The molecule has 0 fully saturated rings. The summed E-state index contributed by atoms with van der Waals surface area (Å²) in [5.41, 5.74) is 2.69. The van der Waals surface area contributed by atoms with E-state index in [0.29, 0.717) is 29.7 Å². The van der Waals surface area contributed by atoms with E-state index in [-0.39, 0.29) is 10.8 Å². The summed E-state index contributed by atoms with van der Waals surface area (Å²) in [7, 11) is -3.23. The lowest BCUT2D eigenvalue weighted by Crippen LogP contribution is -2.23. The van der Waals surface area contributed by atoms with Crippen LogP contribution in [-0.4, -0.2) is 35.4 Å². The Bertz CT molecular complexity index is 1150. The Morgan fingerprint density at radius 2 is 1.97 bits per heavy atom. The third kappa shape index (κ3) is 4.86. The van der Waals surface area contributed by atoms with Crippen LogP contribution in [-0.2, 0) is 36.0 Å². The molecule has 10 heteroatoms. The highest BCUT2D eigenvalue weighted by molar-refractivity contribution is 7.90. The van der Waals surface area contributed by atoms with Crippen molar-refractivity contribution in [3.05, 3.63) is 74.5 Å². The number of aromatic nitrogens is 2. The van der Waals surface area contributed by atoms with Gasteiger partial charge < -0.3 is 5.32 Å². The van der Waals surface area contributed by atoms with Gasteiger partial charge in [0, 0.05) is 43.5 Å². The zero-order valence-corrected chi connectivity index (χ0v) is 18.5. The van der Waals surface area contributed by atoms with Crippen molar-refractivity contribution in [2.75, 3.05) is 6.26 Å². The Morgan fingerprint density at radius 3 is 2.60 bits per heavy atom. The Kier molecular flexibility index (Phi) is 5.88. The zero-order chi connectivity index (χ0) is 21.3. The number of rotatable bonds is 6. The van der Waals surface area contributed by atoms with Gasteiger partial charge in [-0.2, -0.15) is 0 Å². The number of halogens is 1. The maximum Gasteiger partial charge on any atom is 0.280 e. The van der Waals surface area contributed by atoms with Gasteiger partial charge in [0.1, 0.15) is 0 Å². The number of hydrogen-bond acceptors (Lipinski definition) is 7. The van der Waals surface area contributed by atoms with Crippen LogP contribution in [0.3, 0.4) is 0 Å². The second kappa shape index (κ2) is 8.43. The van der Waals surface area contributed by atoms with E-state index < -0.39 is 9.84 Å². The molecule has 0 bridgehead atoms. The van der Waals surface area contributed by atoms with Crippen molar-refractivity contribution in [1.29, 1.82) is 0 Å². The number of carbonyl (C=O) groups excluding carboxylic acids is 1. The van der Waals surface area contributed by atoms with E-state index in [2.05, 4.69) is 20.2 Å². The third-order valence-electron chi connectivity index (χ3n) is 4.69. The molecule has 0 saturated heterocycles. The number of amides is 1. The van der Waals surface area contributed by atoms with Crippen LogP contribution in [0.4, 0.5) is 0 Å². The second-order valence-electron chi connectivity index (χ2n) is 7.10. The molecular weight excluding hydrogens is 444 g/mol. The molecule has 2 aromatic heterocycles. The van der Waals surface area contributed by atoms with Gasteiger partial charge >= 0.3 is 0 Å². The van der Waals surface area contributed by atoms with E-state index in [9.17, 15) is 13.2 Å². The first-order valence-electron chi connectivity index (χ1n) is 9.16. The lowest BCUT2D eigenvalue weighted by Gasteiger charge is -2.14. The number of fused-ring (bicyclic) bond motifs is 1. The van der Waals surface area contributed by atoms with Gasteiger partial charge in [0.15, 0.2) is 14.8 Å². The van der Waals surface area contributed by atoms with Gasteiger partial charge in [0.2, 0.25) is 0 Å². The summed E-state index contributed by atoms with van der Waals surface area (Å²) in [6.07, 6.45) is 2.80. The maximum absolute atomic E-state index is 12.5. The van der Waals surface area contributed by atoms with E-state index in [1.165, 1.54) is 17.6 Å². The molecule has 0 atom stereocenters. The SMILES string of the molecule is CS(=O)(=O)c1ccc(CNC(=O)c2nc3c(s2)CN(Cc2ccc(Cl)cn2)C3)cc1. The molecule has 4 rings (SSSR count). The standard InChI is InChI=1S/C20H19ClN4O3S2/c1-30(27,28)16-6-2-13(3-7-16)8-23-19(26)20-24-17-11-25(12-18(17)29-20)10-15-5-4-14(21)9-22-15/h2-7,9H,8,10-12H2,1H3,(H,23,26). The fourth-order valence-corrected chi connectivity index (χ4v) is 4.92. The monoisotopic (exact) mass is 462 g/mol. The van der Waals surface area contributed by atoms with Crippen molar-refractivity contribution in [3.8, 4) is 0 Å². The first-order valence-corrected chi connectivity index (χ1v) is 12.2. The van der Waals surface area contributed by atoms with Crippen LogP contribution in [0.2, 0.25) is 5.02 Å². The van der Waals surface area contributed by atoms with Gasteiger partial charge in [-0.25, -0.2) is 13.4 Å². The molecule has 0 spiro atoms. The number of carbonyl (C=O) groups is 1. The maximum atomic E-state index is 12.5. The molecule has 1 aliphatic rings. The Morgan fingerprint density at radius 1 is 1.20 bits per heavy atom. The summed E-state index contributed by atoms with van der Waals surface area (Å²) in [5, 5.41) is 3.90. The third-order valence-corrected chi connectivity index (χ3v) is 7.13. The molecule has 3 aromatic rings. The minimum atomic E-state index is -3.23. The van der Waals surface area contributed by atoms with E-state index in [1.54, 1.807) is 30.5 Å². The predicted molar refractivity (Wildman–Crippen MR) is 115 cm³/mol. The fraction of sp³-hybridized carbons (Fsp3) is 0.250. The Balaban J connectivity index is 1.32. The summed E-state index contributed by atoms with van der Waals surface area (Å²) in [4.78, 5) is 24.8. The highest BCUT2D eigenvalue weighted by Gasteiger charge is 2.26. The smallest absolute Gasteiger partial charge is 0.280 e. The van der Waals surface area contributed by atoms with Gasteiger partial charge in [-0.15, -0.1) is 11.3 Å². The zero-order valence-electron chi connectivity index (χ0n) is 16.1. The van der Waals surface area contributed by atoms with E-state index >= 15 is 0 Å². The van der Waals surface area contributed by atoms with Crippen LogP contribution >= 0.6 is 22.9 Å². The van der Waals surface area contributed by atoms with Crippen LogP contribution in [0.25, 0.3) is 0 Å². The van der Waals surface area contributed by atoms with Gasteiger partial charge in [0.05, 0.1) is 21.3 Å². The molecule has 7 nitrogen and oxygen atoms in total. The molecule has 1 N–H and O–H groups in total. The molecule has 0 aliphatic carbocycles. The topological polar surface area (TPSA) is 92.3 Å². The minimum absolute atomic E-state index is 0.229. The van der Waals surface area contributed by atoms with Crippen molar-refractivity contribution in [3.63, 3.8) is 0 Å². The number of sulfone groups is 1. The van der Waals surface area contributed by atoms with Crippen molar-refractivity contribution < 1.29 is 13.2 Å². The summed E-state index contributed by atoms with van der Waals surface area (Å²) in [5.74, 6) is -0.229. The number of thiazole rings is 1. The molecule has 0 radical (unpaired) electrons. The molecule has 0 unspecified atom stereocenters. The Labute approximate surface area is 183 Å². The van der Waals surface area contributed by atoms with Crippen LogP contribution in [0, 0.1) is 0 Å². The first-order chi connectivity index (χ1) is 14.3. The summed E-state index contributed by atoms with van der Waals surface area (Å²) >= 11 is 7.28. The van der Waals surface area contributed by atoms with Crippen molar-refractivity contribution >= 4 is 38.7 Å². The fourth-order valence-electron chi connectivity index (χ4n) is 3.15. The van der Waals surface area contributed by atoms with Gasteiger partial charge in [-0.1, -0.05) is 23.7 Å². The molecule has 0 saturated carbocycles. The normalized spacial score (nSPS) is 13.9. The van der Waals surface area contributed by atoms with Gasteiger partial charge in [0.25, 0.3) is 5.91 Å². The number of nitrogens with zero attached hydrogens (tertiary/aromatic N) is 3. The van der Waals surface area contributed by atoms with Crippen LogP contribution in [0.5, 0.6) is 0 Å². The van der Waals surface area contributed by atoms with Crippen molar-refractivity contribution in [2.24, 2.45) is 0 Å². The molecule has 30 heavy (non-hydrogen) atoms. The predicted octanol–water partition coefficient (Wildman–Crippen LogP) is 3.04. The molecule has 3 heterocycles. The first kappa shape index (κ1) is 20.9. The molecule has 1 amide bonds. The molecular formula is C20H19ClN4O3S2. The Hall–Kier alpha value is -2.33. The van der Waals surface area contributed by atoms with E-state index in [4.69, 9.17) is 11.6 Å². The lowest BCUT2D eigenvalue weighted by molar-refractivity contribution is 0.0950.